The van der Waals surface area contributed by atoms with E-state index in [0.717, 1.165) is 6.92 Å². The molecule has 0 spiro atoms. The average Bonchev–Trinajstić information content (AvgIpc) is 3.36. The van der Waals surface area contributed by atoms with Crippen molar-refractivity contribution in [2.45, 2.75) is 45.1 Å². The molecule has 0 bridgehead atoms. The number of aryl methyl sites for hydroxylation is 1. The van der Waals surface area contributed by atoms with E-state index < -0.39 is 18.0 Å². The van der Waals surface area contributed by atoms with Crippen LogP contribution in [-0.2, 0) is 25.6 Å². The number of carbonyl (C=O) groups excluding carboxylic acids is 1. The molecule has 3 aromatic rings. The molecule has 0 aliphatic heterocycles. The Hall–Kier alpha value is -3.31. The van der Waals surface area contributed by atoms with E-state index in [9.17, 15) is 18.0 Å². The summed E-state index contributed by atoms with van der Waals surface area (Å²) in [4.78, 5) is 15.8. The minimum Gasteiger partial charge on any atom is -0.346 e. The summed E-state index contributed by atoms with van der Waals surface area (Å²) in [6.07, 6.45) is 4.75. The molecule has 1 unspecified atom stereocenters. The van der Waals surface area contributed by atoms with Gasteiger partial charge in [0.15, 0.2) is 5.69 Å². The van der Waals surface area contributed by atoms with E-state index in [4.69, 9.17) is 0 Å². The maximum absolute atomic E-state index is 13.9. The quantitative estimate of drug-likeness (QED) is 0.578. The summed E-state index contributed by atoms with van der Waals surface area (Å²) < 4.78 is 43.0. The van der Waals surface area contributed by atoms with Crippen LogP contribution in [0.5, 0.6) is 0 Å². The van der Waals surface area contributed by atoms with Gasteiger partial charge in [-0.2, -0.15) is 8.78 Å². The fraction of sp³-hybridized carbons (Fsp3) is 0.412. The van der Waals surface area contributed by atoms with Gasteiger partial charge in [-0.05, 0) is 11.6 Å². The van der Waals surface area contributed by atoms with E-state index in [1.54, 1.807) is 6.20 Å². The molecule has 29 heavy (non-hydrogen) atoms. The summed E-state index contributed by atoms with van der Waals surface area (Å²) in [6.45, 7) is 1.18. The van der Waals surface area contributed by atoms with Crippen molar-refractivity contribution in [3.8, 4) is 0 Å². The Labute approximate surface area is 163 Å². The minimum atomic E-state index is -3.02. The number of amides is 1. The molecule has 0 aliphatic carbocycles. The van der Waals surface area contributed by atoms with Gasteiger partial charge in [-0.15, -0.1) is 10.2 Å². The van der Waals surface area contributed by atoms with Gasteiger partial charge < -0.3 is 5.32 Å². The third-order valence-electron chi connectivity index (χ3n) is 4.03. The van der Waals surface area contributed by atoms with Crippen LogP contribution in [0, 0.1) is 0 Å². The molecule has 1 atom stereocenters. The van der Waals surface area contributed by atoms with Gasteiger partial charge in [-0.1, -0.05) is 16.5 Å². The molecule has 9 nitrogen and oxygen atoms in total. The van der Waals surface area contributed by atoms with E-state index in [1.165, 1.54) is 40.1 Å². The van der Waals surface area contributed by atoms with E-state index in [0.29, 0.717) is 5.56 Å². The highest BCUT2D eigenvalue weighted by atomic mass is 19.3. The van der Waals surface area contributed by atoms with Crippen molar-refractivity contribution in [3.05, 3.63) is 53.9 Å². The highest BCUT2D eigenvalue weighted by Crippen LogP contribution is 2.24. The summed E-state index contributed by atoms with van der Waals surface area (Å²) in [7, 11) is 0. The van der Waals surface area contributed by atoms with Gasteiger partial charge in [0.05, 0.1) is 18.9 Å². The van der Waals surface area contributed by atoms with Crippen molar-refractivity contribution < 1.29 is 18.0 Å². The number of hydrogen-bond donors (Lipinski definition) is 1. The largest absolute Gasteiger partial charge is 0.346 e. The highest BCUT2D eigenvalue weighted by molar-refractivity contribution is 5.91. The molecule has 0 radical (unpaired) electrons. The number of rotatable bonds is 9. The number of carbonyl (C=O) groups is 1. The number of halogens is 3. The fourth-order valence-corrected chi connectivity index (χ4v) is 2.47. The Balaban J connectivity index is 1.46. The minimum absolute atomic E-state index is 0.0707. The summed E-state index contributed by atoms with van der Waals surface area (Å²) in [5.41, 5.74) is 0.291. The van der Waals surface area contributed by atoms with Crippen molar-refractivity contribution in [3.63, 3.8) is 0 Å². The van der Waals surface area contributed by atoms with Crippen molar-refractivity contribution >= 4 is 5.91 Å². The van der Waals surface area contributed by atoms with E-state index >= 15 is 0 Å². The number of nitrogens with zero attached hydrogens (tertiary/aromatic N) is 7. The van der Waals surface area contributed by atoms with Gasteiger partial charge in [0.2, 0.25) is 0 Å². The van der Waals surface area contributed by atoms with Gasteiger partial charge in [-0.3, -0.25) is 14.5 Å². The Bertz CT molecular complexity index is 921. The van der Waals surface area contributed by atoms with Crippen LogP contribution in [0.25, 0.3) is 0 Å². The second-order valence-electron chi connectivity index (χ2n) is 6.50. The van der Waals surface area contributed by atoms with Crippen molar-refractivity contribution in [2.75, 3.05) is 0 Å². The monoisotopic (exact) mass is 408 g/mol. The number of nitrogens with one attached hydrogen (secondary N) is 1. The molecular formula is C17H19F3N8O. The second-order valence-corrected chi connectivity index (χ2v) is 6.50. The van der Waals surface area contributed by atoms with Crippen molar-refractivity contribution in [2.24, 2.45) is 0 Å². The number of alkyl halides is 3. The maximum Gasteiger partial charge on any atom is 0.286 e. The first kappa shape index (κ1) is 20.4. The van der Waals surface area contributed by atoms with Crippen LogP contribution >= 0.6 is 0 Å². The Morgan fingerprint density at radius 3 is 2.76 bits per heavy atom. The molecule has 3 aromatic heterocycles. The fourth-order valence-electron chi connectivity index (χ4n) is 2.47. The van der Waals surface area contributed by atoms with Crippen LogP contribution in [0.4, 0.5) is 13.2 Å². The number of hydrogen-bond acceptors (Lipinski definition) is 6. The Morgan fingerprint density at radius 1 is 1.28 bits per heavy atom. The molecule has 1 amide bonds. The highest BCUT2D eigenvalue weighted by Gasteiger charge is 2.25. The molecule has 1 N–H and O–H groups in total. The molecule has 154 valence electrons. The SMILES string of the molecule is CC(F)(F)c1ccc(CNC(=O)c2cn(CCC(F)Cn3ccnn3)nn2)cn1. The number of pyridine rings is 1. The lowest BCUT2D eigenvalue weighted by Gasteiger charge is -2.10. The molecule has 12 heteroatoms. The Kier molecular flexibility index (Phi) is 6.20. The maximum atomic E-state index is 13.9. The van der Waals surface area contributed by atoms with Gasteiger partial charge in [0.1, 0.15) is 11.9 Å². The van der Waals surface area contributed by atoms with Crippen molar-refractivity contribution in [1.82, 2.24) is 40.3 Å². The van der Waals surface area contributed by atoms with Crippen LogP contribution < -0.4 is 5.32 Å². The molecule has 0 aromatic carbocycles. The van der Waals surface area contributed by atoms with Crippen LogP contribution in [0.2, 0.25) is 0 Å². The summed E-state index contributed by atoms with van der Waals surface area (Å²) in [5, 5.41) is 17.5. The predicted molar refractivity (Wildman–Crippen MR) is 94.5 cm³/mol. The smallest absolute Gasteiger partial charge is 0.286 e. The van der Waals surface area contributed by atoms with Crippen LogP contribution in [0.3, 0.4) is 0 Å². The normalized spacial score (nSPS) is 12.7. The van der Waals surface area contributed by atoms with E-state index in [-0.39, 0.29) is 37.4 Å². The van der Waals surface area contributed by atoms with Crippen molar-refractivity contribution in [1.29, 1.82) is 0 Å². The molecular weight excluding hydrogens is 389 g/mol. The first-order chi connectivity index (χ1) is 13.8. The lowest BCUT2D eigenvalue weighted by Crippen LogP contribution is -2.23. The first-order valence-corrected chi connectivity index (χ1v) is 8.81. The zero-order chi connectivity index (χ0) is 20.9. The first-order valence-electron chi connectivity index (χ1n) is 8.81. The Morgan fingerprint density at radius 2 is 2.10 bits per heavy atom. The molecule has 0 saturated heterocycles. The summed E-state index contributed by atoms with van der Waals surface area (Å²) in [6, 6.07) is 2.68. The number of aromatic nitrogens is 7. The van der Waals surface area contributed by atoms with Gasteiger partial charge >= 0.3 is 0 Å². The van der Waals surface area contributed by atoms with E-state index in [1.807, 2.05) is 0 Å². The molecule has 3 heterocycles. The van der Waals surface area contributed by atoms with Crippen LogP contribution in [-0.4, -0.2) is 47.1 Å². The molecule has 3 rings (SSSR count). The third kappa shape index (κ3) is 5.83. The van der Waals surface area contributed by atoms with E-state index in [2.05, 4.69) is 30.9 Å². The third-order valence-corrected chi connectivity index (χ3v) is 4.03. The van der Waals surface area contributed by atoms with Crippen LogP contribution in [0.1, 0.15) is 35.1 Å². The van der Waals surface area contributed by atoms with Gasteiger partial charge in [-0.25, -0.2) is 9.07 Å². The molecule has 0 fully saturated rings. The standard InChI is InChI=1S/C17H19F3N8O/c1-17(19,20)15-3-2-12(8-21-15)9-22-16(29)14-11-27(26-24-14)6-4-13(18)10-28-7-5-23-25-28/h2-3,5,7-8,11,13H,4,6,9-10H2,1H3,(H,22,29). The predicted octanol–water partition coefficient (Wildman–Crippen LogP) is 1.73. The second kappa shape index (κ2) is 8.80. The van der Waals surface area contributed by atoms with Crippen LogP contribution in [0.15, 0.2) is 36.9 Å². The molecule has 0 aliphatic rings. The lowest BCUT2D eigenvalue weighted by atomic mass is 10.2. The van der Waals surface area contributed by atoms with Gasteiger partial charge in [0.25, 0.3) is 11.8 Å². The molecule has 0 saturated carbocycles. The average molecular weight is 408 g/mol. The van der Waals surface area contributed by atoms with Gasteiger partial charge in [0, 0.05) is 38.8 Å². The summed E-state index contributed by atoms with van der Waals surface area (Å²) >= 11 is 0. The lowest BCUT2D eigenvalue weighted by molar-refractivity contribution is 0.0127. The summed E-state index contributed by atoms with van der Waals surface area (Å²) in [5.74, 6) is -3.51. The zero-order valence-electron chi connectivity index (χ0n) is 15.5. The zero-order valence-corrected chi connectivity index (χ0v) is 15.5. The topological polar surface area (TPSA) is 103 Å².